The van der Waals surface area contributed by atoms with Gasteiger partial charge in [0.25, 0.3) is 11.8 Å². The molecule has 0 unspecified atom stereocenters. The summed E-state index contributed by atoms with van der Waals surface area (Å²) in [6.45, 7) is 2.70. The summed E-state index contributed by atoms with van der Waals surface area (Å²) in [4.78, 5) is 29.0. The molecule has 0 fully saturated rings. The molecule has 1 heterocycles. The highest BCUT2D eigenvalue weighted by Crippen LogP contribution is 2.15. The molecular weight excluding hydrogens is 388 g/mol. The van der Waals surface area contributed by atoms with Crippen LogP contribution in [0.2, 0.25) is 0 Å². The standard InChI is InChI=1S/C25H22N4O2/c1-18-26-15-16-29(18)17-19-7-11-22(12-8-19)27-25(31)21-9-13-23(14-10-21)28-24(30)20-5-3-2-4-6-20/h2-16H,17H2,1H3,(H,27,31)(H,28,30). The second-order valence-electron chi connectivity index (χ2n) is 7.15. The number of benzene rings is 3. The average Bonchev–Trinajstić information content (AvgIpc) is 3.20. The van der Waals surface area contributed by atoms with Crippen molar-refractivity contribution in [3.63, 3.8) is 0 Å². The Kier molecular flexibility index (Phi) is 5.89. The Labute approximate surface area is 180 Å². The minimum Gasteiger partial charge on any atom is -0.331 e. The van der Waals surface area contributed by atoms with Crippen LogP contribution < -0.4 is 10.6 Å². The molecule has 4 aromatic rings. The van der Waals surface area contributed by atoms with Crippen LogP contribution in [0.4, 0.5) is 11.4 Å². The Hall–Kier alpha value is -4.19. The summed E-state index contributed by atoms with van der Waals surface area (Å²) in [5.74, 6) is 0.559. The molecule has 0 aliphatic carbocycles. The van der Waals surface area contributed by atoms with Gasteiger partial charge >= 0.3 is 0 Å². The zero-order valence-corrected chi connectivity index (χ0v) is 17.1. The topological polar surface area (TPSA) is 76.0 Å². The van der Waals surface area contributed by atoms with Crippen molar-refractivity contribution < 1.29 is 9.59 Å². The van der Waals surface area contributed by atoms with Crippen LogP contribution >= 0.6 is 0 Å². The predicted molar refractivity (Wildman–Crippen MR) is 121 cm³/mol. The molecule has 2 amide bonds. The van der Waals surface area contributed by atoms with Crippen LogP contribution in [0.25, 0.3) is 0 Å². The average molecular weight is 410 g/mol. The van der Waals surface area contributed by atoms with E-state index in [0.717, 1.165) is 23.6 Å². The lowest BCUT2D eigenvalue weighted by Gasteiger charge is -2.09. The zero-order chi connectivity index (χ0) is 21.6. The minimum absolute atomic E-state index is 0.191. The molecule has 0 aliphatic rings. The Morgan fingerprint density at radius 3 is 1.87 bits per heavy atom. The fourth-order valence-corrected chi connectivity index (χ4v) is 3.16. The van der Waals surface area contributed by atoms with E-state index in [9.17, 15) is 9.59 Å². The van der Waals surface area contributed by atoms with E-state index < -0.39 is 0 Å². The first-order valence-electron chi connectivity index (χ1n) is 9.93. The maximum Gasteiger partial charge on any atom is 0.255 e. The van der Waals surface area contributed by atoms with Crippen molar-refractivity contribution in [2.24, 2.45) is 0 Å². The van der Waals surface area contributed by atoms with Crippen molar-refractivity contribution in [1.82, 2.24) is 9.55 Å². The summed E-state index contributed by atoms with van der Waals surface area (Å²) < 4.78 is 2.06. The van der Waals surface area contributed by atoms with Gasteiger partial charge in [-0.25, -0.2) is 4.98 Å². The molecule has 6 heteroatoms. The van der Waals surface area contributed by atoms with Gasteiger partial charge in [-0.05, 0) is 61.0 Å². The SMILES string of the molecule is Cc1nccn1Cc1ccc(NC(=O)c2ccc(NC(=O)c3ccccc3)cc2)cc1. The van der Waals surface area contributed by atoms with Crippen LogP contribution in [-0.2, 0) is 6.54 Å². The molecular formula is C25H22N4O2. The van der Waals surface area contributed by atoms with Crippen molar-refractivity contribution in [3.8, 4) is 0 Å². The molecule has 0 radical (unpaired) electrons. The van der Waals surface area contributed by atoms with Gasteiger partial charge in [0.2, 0.25) is 0 Å². The Balaban J connectivity index is 1.35. The third kappa shape index (κ3) is 5.05. The van der Waals surface area contributed by atoms with Gasteiger partial charge in [0.15, 0.2) is 0 Å². The van der Waals surface area contributed by atoms with Crippen LogP contribution in [0.1, 0.15) is 32.1 Å². The van der Waals surface area contributed by atoms with E-state index in [1.165, 1.54) is 0 Å². The van der Waals surface area contributed by atoms with Gasteiger partial charge in [0.1, 0.15) is 5.82 Å². The van der Waals surface area contributed by atoms with Crippen LogP contribution in [0.15, 0.2) is 91.3 Å². The third-order valence-electron chi connectivity index (χ3n) is 4.93. The number of carbonyl (C=O) groups is 2. The number of anilines is 2. The van der Waals surface area contributed by atoms with E-state index in [1.54, 1.807) is 42.6 Å². The number of hydrogen-bond acceptors (Lipinski definition) is 3. The van der Waals surface area contributed by atoms with Crippen LogP contribution in [0.3, 0.4) is 0 Å². The number of aromatic nitrogens is 2. The van der Waals surface area contributed by atoms with Gasteiger partial charge in [-0.3, -0.25) is 9.59 Å². The zero-order valence-electron chi connectivity index (χ0n) is 17.1. The molecule has 4 rings (SSSR count). The molecule has 0 atom stereocenters. The Bertz CT molecular complexity index is 1180. The van der Waals surface area contributed by atoms with Crippen molar-refractivity contribution in [3.05, 3.63) is 114 Å². The summed E-state index contributed by atoms with van der Waals surface area (Å²) in [6.07, 6.45) is 3.72. The molecule has 0 bridgehead atoms. The normalized spacial score (nSPS) is 10.5. The van der Waals surface area contributed by atoms with Gasteiger partial charge in [-0.2, -0.15) is 0 Å². The van der Waals surface area contributed by atoms with Crippen LogP contribution in [0.5, 0.6) is 0 Å². The number of imidazole rings is 1. The first-order valence-corrected chi connectivity index (χ1v) is 9.93. The molecule has 3 aromatic carbocycles. The van der Waals surface area contributed by atoms with E-state index in [0.29, 0.717) is 16.8 Å². The van der Waals surface area contributed by atoms with Crippen molar-refractivity contribution >= 4 is 23.2 Å². The fraction of sp³-hybridized carbons (Fsp3) is 0.0800. The molecule has 1 aromatic heterocycles. The number of carbonyl (C=O) groups excluding carboxylic acids is 2. The van der Waals surface area contributed by atoms with Gasteiger partial charge in [0.05, 0.1) is 0 Å². The van der Waals surface area contributed by atoms with Gasteiger partial charge in [-0.15, -0.1) is 0 Å². The summed E-state index contributed by atoms with van der Waals surface area (Å²) in [6, 6.07) is 23.5. The van der Waals surface area contributed by atoms with E-state index in [-0.39, 0.29) is 11.8 Å². The molecule has 0 spiro atoms. The smallest absolute Gasteiger partial charge is 0.255 e. The first-order chi connectivity index (χ1) is 15.1. The second kappa shape index (κ2) is 9.09. The molecule has 0 aliphatic heterocycles. The summed E-state index contributed by atoms with van der Waals surface area (Å²) in [5, 5.41) is 5.72. The number of aryl methyl sites for hydroxylation is 1. The fourth-order valence-electron chi connectivity index (χ4n) is 3.16. The van der Waals surface area contributed by atoms with Crippen LogP contribution in [0, 0.1) is 6.92 Å². The van der Waals surface area contributed by atoms with Gasteiger partial charge in [-0.1, -0.05) is 30.3 Å². The summed E-state index contributed by atoms with van der Waals surface area (Å²) >= 11 is 0. The molecule has 31 heavy (non-hydrogen) atoms. The summed E-state index contributed by atoms with van der Waals surface area (Å²) in [5.41, 5.74) is 3.56. The maximum absolute atomic E-state index is 12.5. The van der Waals surface area contributed by atoms with E-state index in [1.807, 2.05) is 55.6 Å². The monoisotopic (exact) mass is 410 g/mol. The number of nitrogens with one attached hydrogen (secondary N) is 2. The number of hydrogen-bond donors (Lipinski definition) is 2. The predicted octanol–water partition coefficient (Wildman–Crippen LogP) is 4.74. The van der Waals surface area contributed by atoms with E-state index >= 15 is 0 Å². The Morgan fingerprint density at radius 1 is 0.774 bits per heavy atom. The minimum atomic E-state index is -0.209. The quantitative estimate of drug-likeness (QED) is 0.482. The van der Waals surface area contributed by atoms with E-state index in [2.05, 4.69) is 20.2 Å². The molecule has 2 N–H and O–H groups in total. The first kappa shape index (κ1) is 20.1. The van der Waals surface area contributed by atoms with Crippen molar-refractivity contribution in [1.29, 1.82) is 0 Å². The van der Waals surface area contributed by atoms with E-state index in [4.69, 9.17) is 0 Å². The van der Waals surface area contributed by atoms with Gasteiger partial charge in [0, 0.05) is 41.4 Å². The molecule has 154 valence electrons. The van der Waals surface area contributed by atoms with Gasteiger partial charge < -0.3 is 15.2 Å². The highest BCUT2D eigenvalue weighted by molar-refractivity contribution is 6.06. The Morgan fingerprint density at radius 2 is 1.32 bits per heavy atom. The highest BCUT2D eigenvalue weighted by Gasteiger charge is 2.09. The largest absolute Gasteiger partial charge is 0.331 e. The lowest BCUT2D eigenvalue weighted by Crippen LogP contribution is -2.13. The van der Waals surface area contributed by atoms with Crippen molar-refractivity contribution in [2.45, 2.75) is 13.5 Å². The maximum atomic E-state index is 12.5. The highest BCUT2D eigenvalue weighted by atomic mass is 16.2. The summed E-state index contributed by atoms with van der Waals surface area (Å²) in [7, 11) is 0. The molecule has 0 saturated carbocycles. The number of nitrogens with zero attached hydrogens (tertiary/aromatic N) is 2. The number of amides is 2. The second-order valence-corrected chi connectivity index (χ2v) is 7.15. The van der Waals surface area contributed by atoms with Crippen LogP contribution in [-0.4, -0.2) is 21.4 Å². The third-order valence-corrected chi connectivity index (χ3v) is 4.93. The lowest BCUT2D eigenvalue weighted by atomic mass is 10.1. The number of rotatable bonds is 6. The lowest BCUT2D eigenvalue weighted by molar-refractivity contribution is 0.102. The molecule has 0 saturated heterocycles. The van der Waals surface area contributed by atoms with Crippen molar-refractivity contribution in [2.75, 3.05) is 10.6 Å². The molecule has 6 nitrogen and oxygen atoms in total.